The number of hydrogen-bond donors (Lipinski definition) is 0. The van der Waals surface area contributed by atoms with Crippen molar-refractivity contribution in [3.05, 3.63) is 46.1 Å². The van der Waals surface area contributed by atoms with E-state index in [4.69, 9.17) is 14.7 Å². The van der Waals surface area contributed by atoms with E-state index in [-0.39, 0.29) is 5.78 Å². The predicted molar refractivity (Wildman–Crippen MR) is 121 cm³/mol. The Kier molecular flexibility index (Phi) is 6.20. The summed E-state index contributed by atoms with van der Waals surface area (Å²) in [5.74, 6) is 2.57. The van der Waals surface area contributed by atoms with Crippen LogP contribution in [0, 0.1) is 13.8 Å². The van der Waals surface area contributed by atoms with Crippen LogP contribution < -0.4 is 4.74 Å². The van der Waals surface area contributed by atoms with Gasteiger partial charge in [-0.15, -0.1) is 11.3 Å². The van der Waals surface area contributed by atoms with E-state index in [1.807, 2.05) is 18.2 Å². The molecular weight excluding hydrogens is 400 g/mol. The maximum atomic E-state index is 12.8. The molecule has 4 rings (SSSR count). The molecule has 0 amide bonds. The number of carbonyl (C=O) groups is 1. The Labute approximate surface area is 180 Å². The lowest BCUT2D eigenvalue weighted by molar-refractivity contribution is 0.102. The largest absolute Gasteiger partial charge is 0.497 e. The molecule has 0 spiro atoms. The minimum absolute atomic E-state index is 0.0875. The van der Waals surface area contributed by atoms with Gasteiger partial charge in [-0.2, -0.15) is 0 Å². The maximum Gasteiger partial charge on any atom is 0.173 e. The zero-order chi connectivity index (χ0) is 20.4. The quantitative estimate of drug-likeness (QED) is 0.261. The van der Waals surface area contributed by atoms with Gasteiger partial charge in [0, 0.05) is 21.7 Å². The highest BCUT2D eigenvalue weighted by atomic mass is 32.2. The third-order valence-electron chi connectivity index (χ3n) is 5.71. The van der Waals surface area contributed by atoms with Crippen LogP contribution in [0.5, 0.6) is 5.75 Å². The molecule has 0 N–H and O–H groups in total. The molecule has 2 heterocycles. The molecule has 4 nitrogen and oxygen atoms in total. The zero-order valence-corrected chi connectivity index (χ0v) is 18.8. The van der Waals surface area contributed by atoms with Crippen LogP contribution in [-0.4, -0.2) is 28.6 Å². The SMILES string of the molecule is COc1cccc(C(=O)CSc2nc(C3CCCCC3)nc3sc(C)c(C)c23)c1. The number of hydrogen-bond acceptors (Lipinski definition) is 6. The van der Waals surface area contributed by atoms with Gasteiger partial charge in [-0.1, -0.05) is 43.2 Å². The fourth-order valence-electron chi connectivity index (χ4n) is 3.89. The predicted octanol–water partition coefficient (Wildman–Crippen LogP) is 6.34. The molecule has 1 saturated carbocycles. The molecule has 0 bridgehead atoms. The Morgan fingerprint density at radius 2 is 2.00 bits per heavy atom. The molecule has 1 aliphatic rings. The van der Waals surface area contributed by atoms with Gasteiger partial charge in [0.2, 0.25) is 0 Å². The van der Waals surface area contributed by atoms with Gasteiger partial charge in [0.1, 0.15) is 21.4 Å². The molecule has 1 fully saturated rings. The summed E-state index contributed by atoms with van der Waals surface area (Å²) in [6, 6.07) is 7.35. The number of benzene rings is 1. The number of thioether (sulfide) groups is 1. The Morgan fingerprint density at radius 3 is 2.76 bits per heavy atom. The molecule has 0 aliphatic heterocycles. The van der Waals surface area contributed by atoms with E-state index < -0.39 is 0 Å². The minimum atomic E-state index is 0.0875. The summed E-state index contributed by atoms with van der Waals surface area (Å²) in [4.78, 5) is 25.0. The number of aromatic nitrogens is 2. The molecular formula is C23H26N2O2S2. The van der Waals surface area contributed by atoms with Crippen molar-refractivity contribution in [2.45, 2.75) is 56.9 Å². The van der Waals surface area contributed by atoms with Crippen LogP contribution in [0.15, 0.2) is 29.3 Å². The number of ether oxygens (including phenoxy) is 1. The fourth-order valence-corrected chi connectivity index (χ4v) is 5.98. The first-order valence-electron chi connectivity index (χ1n) is 10.1. The normalized spacial score (nSPS) is 15.0. The number of Topliss-reactive ketones (excluding diaryl/α,β-unsaturated/α-hetero) is 1. The van der Waals surface area contributed by atoms with E-state index in [2.05, 4.69) is 13.8 Å². The van der Waals surface area contributed by atoms with E-state index in [9.17, 15) is 4.79 Å². The van der Waals surface area contributed by atoms with Crippen LogP contribution in [0.1, 0.15) is 64.6 Å². The van der Waals surface area contributed by atoms with Gasteiger partial charge in [0.25, 0.3) is 0 Å². The first-order valence-corrected chi connectivity index (χ1v) is 11.9. The number of rotatable bonds is 6. The van der Waals surface area contributed by atoms with E-state index in [0.29, 0.717) is 23.0 Å². The molecule has 1 aliphatic carbocycles. The van der Waals surface area contributed by atoms with Crippen molar-refractivity contribution in [2.24, 2.45) is 0 Å². The van der Waals surface area contributed by atoms with E-state index in [1.54, 1.807) is 24.5 Å². The van der Waals surface area contributed by atoms with Crippen LogP contribution in [0.4, 0.5) is 0 Å². The average Bonchev–Trinajstić information content (AvgIpc) is 3.06. The second-order valence-electron chi connectivity index (χ2n) is 7.63. The van der Waals surface area contributed by atoms with Crippen molar-refractivity contribution in [2.75, 3.05) is 12.9 Å². The maximum absolute atomic E-state index is 12.8. The molecule has 6 heteroatoms. The lowest BCUT2D eigenvalue weighted by atomic mass is 9.89. The van der Waals surface area contributed by atoms with Crippen molar-refractivity contribution in [3.63, 3.8) is 0 Å². The van der Waals surface area contributed by atoms with Crippen molar-refractivity contribution >= 4 is 39.1 Å². The Hall–Kier alpha value is -1.92. The van der Waals surface area contributed by atoms with E-state index >= 15 is 0 Å². The van der Waals surface area contributed by atoms with Gasteiger partial charge in [-0.05, 0) is 44.4 Å². The van der Waals surface area contributed by atoms with Crippen molar-refractivity contribution < 1.29 is 9.53 Å². The first-order chi connectivity index (χ1) is 14.1. The number of carbonyl (C=O) groups excluding carboxylic acids is 1. The Bertz CT molecular complexity index is 1040. The third kappa shape index (κ3) is 4.33. The van der Waals surface area contributed by atoms with Crippen LogP contribution >= 0.6 is 23.1 Å². The smallest absolute Gasteiger partial charge is 0.173 e. The average molecular weight is 427 g/mol. The van der Waals surface area contributed by atoms with Crippen LogP contribution in [0.3, 0.4) is 0 Å². The zero-order valence-electron chi connectivity index (χ0n) is 17.2. The summed E-state index contributed by atoms with van der Waals surface area (Å²) >= 11 is 3.28. The summed E-state index contributed by atoms with van der Waals surface area (Å²) in [5, 5.41) is 2.07. The lowest BCUT2D eigenvalue weighted by Crippen LogP contribution is -2.10. The standard InChI is InChI=1S/C23H26N2O2S2/c1-14-15(2)29-23-20(14)22(24-21(25-23)16-8-5-4-6-9-16)28-13-19(26)17-10-7-11-18(12-17)27-3/h7,10-12,16H,4-6,8-9,13H2,1-3H3. The highest BCUT2D eigenvalue weighted by Crippen LogP contribution is 2.38. The number of aryl methyl sites for hydroxylation is 2. The van der Waals surface area contributed by atoms with Crippen molar-refractivity contribution in [3.8, 4) is 5.75 Å². The molecule has 0 unspecified atom stereocenters. The molecule has 152 valence electrons. The summed E-state index contributed by atoms with van der Waals surface area (Å²) in [6.07, 6.45) is 6.16. The third-order valence-corrected chi connectivity index (χ3v) is 7.79. The number of thiophene rings is 1. The summed E-state index contributed by atoms with van der Waals surface area (Å²) in [6.45, 7) is 4.27. The first kappa shape index (κ1) is 20.4. The summed E-state index contributed by atoms with van der Waals surface area (Å²) in [5.41, 5.74) is 1.91. The topological polar surface area (TPSA) is 52.1 Å². The highest BCUT2D eigenvalue weighted by molar-refractivity contribution is 8.00. The van der Waals surface area contributed by atoms with Gasteiger partial charge >= 0.3 is 0 Å². The Balaban J connectivity index is 1.63. The van der Waals surface area contributed by atoms with Crippen LogP contribution in [0.25, 0.3) is 10.2 Å². The van der Waals surface area contributed by atoms with Crippen molar-refractivity contribution in [1.29, 1.82) is 0 Å². The summed E-state index contributed by atoms with van der Waals surface area (Å²) in [7, 11) is 1.62. The fraction of sp³-hybridized carbons (Fsp3) is 0.435. The second kappa shape index (κ2) is 8.84. The molecule has 1 aromatic carbocycles. The van der Waals surface area contributed by atoms with Gasteiger partial charge in [-0.25, -0.2) is 9.97 Å². The number of fused-ring (bicyclic) bond motifs is 1. The number of nitrogens with zero attached hydrogens (tertiary/aromatic N) is 2. The van der Waals surface area contributed by atoms with Gasteiger partial charge in [-0.3, -0.25) is 4.79 Å². The van der Waals surface area contributed by atoms with Crippen LogP contribution in [0.2, 0.25) is 0 Å². The number of ketones is 1. The molecule has 0 saturated heterocycles. The minimum Gasteiger partial charge on any atom is -0.497 e. The van der Waals surface area contributed by atoms with Gasteiger partial charge < -0.3 is 4.74 Å². The number of methoxy groups -OCH3 is 1. The Morgan fingerprint density at radius 1 is 1.21 bits per heavy atom. The van der Waals surface area contributed by atoms with E-state index in [0.717, 1.165) is 21.1 Å². The molecule has 0 radical (unpaired) electrons. The summed E-state index contributed by atoms with van der Waals surface area (Å²) < 4.78 is 5.25. The second-order valence-corrected chi connectivity index (χ2v) is 9.80. The highest BCUT2D eigenvalue weighted by Gasteiger charge is 2.22. The lowest BCUT2D eigenvalue weighted by Gasteiger charge is -2.20. The molecule has 29 heavy (non-hydrogen) atoms. The van der Waals surface area contributed by atoms with Gasteiger partial charge in [0.05, 0.1) is 12.9 Å². The molecule has 0 atom stereocenters. The monoisotopic (exact) mass is 426 g/mol. The molecule has 2 aromatic heterocycles. The van der Waals surface area contributed by atoms with Crippen molar-refractivity contribution in [1.82, 2.24) is 9.97 Å². The molecule has 3 aromatic rings. The van der Waals surface area contributed by atoms with Crippen LogP contribution in [-0.2, 0) is 0 Å². The van der Waals surface area contributed by atoms with Gasteiger partial charge in [0.15, 0.2) is 5.78 Å². The van der Waals surface area contributed by atoms with E-state index in [1.165, 1.54) is 54.3 Å².